The topological polar surface area (TPSA) is 81.2 Å². The Kier molecular flexibility index (Phi) is 4.06. The Morgan fingerprint density at radius 3 is 2.75 bits per heavy atom. The predicted molar refractivity (Wildman–Crippen MR) is 75.4 cm³/mol. The van der Waals surface area contributed by atoms with E-state index in [1.807, 2.05) is 25.1 Å². The number of nitriles is 1. The lowest BCUT2D eigenvalue weighted by atomic mass is 10.2. The number of nitrogens with two attached hydrogens (primary N) is 1. The lowest BCUT2D eigenvalue weighted by molar-refractivity contribution is 0.301. The summed E-state index contributed by atoms with van der Waals surface area (Å²) in [7, 11) is 1.61. The van der Waals surface area contributed by atoms with Crippen molar-refractivity contribution in [1.29, 1.82) is 5.26 Å². The molecule has 2 aromatic rings. The summed E-state index contributed by atoms with van der Waals surface area (Å²) in [5, 5.41) is 8.78. The van der Waals surface area contributed by atoms with Gasteiger partial charge < -0.3 is 15.2 Å². The Hall–Kier alpha value is -2.74. The van der Waals surface area contributed by atoms with Gasteiger partial charge in [-0.15, -0.1) is 0 Å². The molecule has 0 saturated carbocycles. The molecule has 20 heavy (non-hydrogen) atoms. The number of anilines is 1. The van der Waals surface area contributed by atoms with E-state index in [-0.39, 0.29) is 6.61 Å². The van der Waals surface area contributed by atoms with Crippen molar-refractivity contribution < 1.29 is 9.47 Å². The number of ether oxygens (including phenoxy) is 2. The zero-order chi connectivity index (χ0) is 14.5. The first-order valence-electron chi connectivity index (χ1n) is 6.06. The molecule has 0 aliphatic carbocycles. The molecular formula is C15H15N3O2. The number of aryl methyl sites for hydroxylation is 1. The van der Waals surface area contributed by atoms with Crippen LogP contribution in [-0.4, -0.2) is 12.1 Å². The number of methoxy groups -OCH3 is 1. The second-order valence-electron chi connectivity index (χ2n) is 4.29. The van der Waals surface area contributed by atoms with Crippen LogP contribution in [0.1, 0.15) is 17.0 Å². The van der Waals surface area contributed by atoms with Crippen molar-refractivity contribution in [1.82, 2.24) is 4.98 Å². The molecule has 0 unspecified atom stereocenters. The molecule has 0 radical (unpaired) electrons. The maximum absolute atomic E-state index is 8.78. The van der Waals surface area contributed by atoms with Crippen molar-refractivity contribution in [2.75, 3.05) is 12.8 Å². The fourth-order valence-electron chi connectivity index (χ4n) is 1.80. The van der Waals surface area contributed by atoms with Crippen LogP contribution >= 0.6 is 0 Å². The fourth-order valence-corrected chi connectivity index (χ4v) is 1.80. The Balaban J connectivity index is 2.13. The molecule has 0 aliphatic heterocycles. The number of hydrogen-bond donors (Lipinski definition) is 1. The third-order valence-corrected chi connectivity index (χ3v) is 2.73. The highest BCUT2D eigenvalue weighted by Gasteiger charge is 2.05. The van der Waals surface area contributed by atoms with Crippen molar-refractivity contribution in [2.24, 2.45) is 0 Å². The third-order valence-electron chi connectivity index (χ3n) is 2.73. The van der Waals surface area contributed by atoms with E-state index in [0.717, 1.165) is 17.1 Å². The van der Waals surface area contributed by atoms with Gasteiger partial charge in [-0.2, -0.15) is 5.26 Å². The summed E-state index contributed by atoms with van der Waals surface area (Å²) in [6, 6.07) is 10.6. The molecule has 0 spiro atoms. The van der Waals surface area contributed by atoms with Gasteiger partial charge in [-0.1, -0.05) is 0 Å². The van der Waals surface area contributed by atoms with Crippen LogP contribution in [0.25, 0.3) is 0 Å². The van der Waals surface area contributed by atoms with Crippen LogP contribution in [0.4, 0.5) is 5.69 Å². The van der Waals surface area contributed by atoms with Crippen LogP contribution in [0.5, 0.6) is 11.5 Å². The lowest BCUT2D eigenvalue weighted by Crippen LogP contribution is -2.02. The molecule has 2 N–H and O–H groups in total. The van der Waals surface area contributed by atoms with E-state index in [0.29, 0.717) is 17.0 Å². The average molecular weight is 269 g/mol. The van der Waals surface area contributed by atoms with Gasteiger partial charge in [-0.05, 0) is 25.1 Å². The third kappa shape index (κ3) is 3.18. The van der Waals surface area contributed by atoms with Gasteiger partial charge in [-0.3, -0.25) is 4.98 Å². The van der Waals surface area contributed by atoms with Crippen LogP contribution < -0.4 is 15.2 Å². The van der Waals surface area contributed by atoms with E-state index in [9.17, 15) is 0 Å². The van der Waals surface area contributed by atoms with Crippen molar-refractivity contribution >= 4 is 5.69 Å². The van der Waals surface area contributed by atoms with Crippen LogP contribution in [0.2, 0.25) is 0 Å². The molecule has 2 rings (SSSR count). The molecule has 1 aromatic heterocycles. The summed E-state index contributed by atoms with van der Waals surface area (Å²) < 4.78 is 10.8. The molecule has 102 valence electrons. The SMILES string of the molecule is COc1cc(C)nc(COc2ccc(C#N)cc2N)c1. The molecule has 0 bridgehead atoms. The van der Waals surface area contributed by atoms with Gasteiger partial charge in [0.05, 0.1) is 30.1 Å². The van der Waals surface area contributed by atoms with Crippen molar-refractivity contribution in [3.8, 4) is 17.6 Å². The molecule has 5 nitrogen and oxygen atoms in total. The molecular weight excluding hydrogens is 254 g/mol. The van der Waals surface area contributed by atoms with Crippen molar-refractivity contribution in [2.45, 2.75) is 13.5 Å². The molecule has 0 atom stereocenters. The van der Waals surface area contributed by atoms with E-state index >= 15 is 0 Å². The lowest BCUT2D eigenvalue weighted by Gasteiger charge is -2.10. The Morgan fingerprint density at radius 1 is 1.30 bits per heavy atom. The normalized spacial score (nSPS) is 9.85. The molecule has 0 aliphatic rings. The van der Waals surface area contributed by atoms with Gasteiger partial charge in [0.25, 0.3) is 0 Å². The maximum atomic E-state index is 8.78. The van der Waals surface area contributed by atoms with Gasteiger partial charge >= 0.3 is 0 Å². The van der Waals surface area contributed by atoms with E-state index in [2.05, 4.69) is 4.98 Å². The Bertz CT molecular complexity index is 663. The monoisotopic (exact) mass is 269 g/mol. The highest BCUT2D eigenvalue weighted by Crippen LogP contribution is 2.23. The first-order chi connectivity index (χ1) is 9.62. The van der Waals surface area contributed by atoms with Crippen LogP contribution in [0.3, 0.4) is 0 Å². The number of aromatic nitrogens is 1. The van der Waals surface area contributed by atoms with E-state index in [4.69, 9.17) is 20.5 Å². The molecule has 1 heterocycles. The minimum absolute atomic E-state index is 0.286. The second kappa shape index (κ2) is 5.93. The number of hydrogen-bond acceptors (Lipinski definition) is 5. The quantitative estimate of drug-likeness (QED) is 0.862. The number of rotatable bonds is 4. The summed E-state index contributed by atoms with van der Waals surface area (Å²) >= 11 is 0. The summed E-state index contributed by atoms with van der Waals surface area (Å²) in [6.45, 7) is 2.18. The average Bonchev–Trinajstić information content (AvgIpc) is 2.45. The molecule has 1 aromatic carbocycles. The van der Waals surface area contributed by atoms with Gasteiger partial charge in [0.1, 0.15) is 18.1 Å². The zero-order valence-corrected chi connectivity index (χ0v) is 11.4. The highest BCUT2D eigenvalue weighted by molar-refractivity contribution is 5.56. The number of nitrogen functional groups attached to an aromatic ring is 1. The summed E-state index contributed by atoms with van der Waals surface area (Å²) in [6.07, 6.45) is 0. The Morgan fingerprint density at radius 2 is 2.10 bits per heavy atom. The molecule has 5 heteroatoms. The van der Waals surface area contributed by atoms with Gasteiger partial charge in [0.15, 0.2) is 0 Å². The fraction of sp³-hybridized carbons (Fsp3) is 0.200. The van der Waals surface area contributed by atoms with Crippen LogP contribution in [0.15, 0.2) is 30.3 Å². The molecule has 0 saturated heterocycles. The molecule has 0 fully saturated rings. The van der Waals surface area contributed by atoms with Gasteiger partial charge in [-0.25, -0.2) is 0 Å². The van der Waals surface area contributed by atoms with Gasteiger partial charge in [0.2, 0.25) is 0 Å². The van der Waals surface area contributed by atoms with E-state index in [1.54, 1.807) is 25.3 Å². The first-order valence-corrected chi connectivity index (χ1v) is 6.06. The van der Waals surface area contributed by atoms with E-state index < -0.39 is 0 Å². The van der Waals surface area contributed by atoms with Crippen molar-refractivity contribution in [3.63, 3.8) is 0 Å². The molecule has 0 amide bonds. The van der Waals surface area contributed by atoms with E-state index in [1.165, 1.54) is 0 Å². The van der Waals surface area contributed by atoms with Crippen LogP contribution in [0, 0.1) is 18.3 Å². The van der Waals surface area contributed by atoms with Crippen molar-refractivity contribution in [3.05, 3.63) is 47.3 Å². The second-order valence-corrected chi connectivity index (χ2v) is 4.29. The summed E-state index contributed by atoms with van der Waals surface area (Å²) in [4.78, 5) is 4.36. The number of nitrogens with zero attached hydrogens (tertiary/aromatic N) is 2. The highest BCUT2D eigenvalue weighted by atomic mass is 16.5. The summed E-state index contributed by atoms with van der Waals surface area (Å²) in [5.74, 6) is 1.27. The maximum Gasteiger partial charge on any atom is 0.142 e. The minimum atomic E-state index is 0.286. The van der Waals surface area contributed by atoms with Crippen LogP contribution in [-0.2, 0) is 6.61 Å². The summed E-state index contributed by atoms with van der Waals surface area (Å²) in [5.41, 5.74) is 8.38. The largest absolute Gasteiger partial charge is 0.497 e. The zero-order valence-electron chi connectivity index (χ0n) is 11.4. The standard InChI is InChI=1S/C15H15N3O2/c1-10-5-13(19-2)7-12(18-10)9-20-15-4-3-11(8-16)6-14(15)17/h3-7H,9,17H2,1-2H3. The Labute approximate surface area is 117 Å². The number of pyridine rings is 1. The van der Waals surface area contributed by atoms with Gasteiger partial charge in [0, 0.05) is 17.8 Å². The first kappa shape index (κ1) is 13.7. The number of benzene rings is 1. The smallest absolute Gasteiger partial charge is 0.142 e. The predicted octanol–water partition coefficient (Wildman–Crippen LogP) is 2.43. The minimum Gasteiger partial charge on any atom is -0.497 e.